The van der Waals surface area contributed by atoms with Crippen LogP contribution in [0.4, 0.5) is 0 Å². The van der Waals surface area contributed by atoms with Crippen molar-refractivity contribution in [3.63, 3.8) is 0 Å². The van der Waals surface area contributed by atoms with Crippen LogP contribution in [0.15, 0.2) is 35.2 Å². The standard InChI is InChI=1S/C16H20N4O2/c1-18-8-12(7-17-18)9-19-10-13-4-5-14(11-19)20(13)16(21)15-3-2-6-22-15/h2-3,6-8,13-14H,4-5,9-11H2,1H3. The maximum Gasteiger partial charge on any atom is 0.290 e. The van der Waals surface area contributed by atoms with Gasteiger partial charge >= 0.3 is 0 Å². The molecular weight excluding hydrogens is 280 g/mol. The van der Waals surface area contributed by atoms with Gasteiger partial charge in [0.05, 0.1) is 12.5 Å². The number of furan rings is 1. The first kappa shape index (κ1) is 13.6. The maximum atomic E-state index is 12.6. The second-order valence-electron chi connectivity index (χ2n) is 6.29. The van der Waals surface area contributed by atoms with Gasteiger partial charge in [-0.2, -0.15) is 5.10 Å². The summed E-state index contributed by atoms with van der Waals surface area (Å²) < 4.78 is 7.12. The van der Waals surface area contributed by atoms with Gasteiger partial charge in [0.2, 0.25) is 0 Å². The van der Waals surface area contributed by atoms with E-state index in [0.717, 1.165) is 32.5 Å². The molecule has 2 fully saturated rings. The third-order valence-corrected chi connectivity index (χ3v) is 4.69. The molecule has 2 aromatic rings. The fraction of sp³-hybridized carbons (Fsp3) is 0.500. The molecule has 2 bridgehead atoms. The minimum atomic E-state index is 0.0403. The second kappa shape index (κ2) is 5.28. The zero-order chi connectivity index (χ0) is 15.1. The number of fused-ring (bicyclic) bond motifs is 2. The lowest BCUT2D eigenvalue weighted by molar-refractivity contribution is 0.0377. The third kappa shape index (κ3) is 2.33. The zero-order valence-corrected chi connectivity index (χ0v) is 12.7. The Morgan fingerprint density at radius 2 is 2.14 bits per heavy atom. The molecule has 2 aliphatic rings. The van der Waals surface area contributed by atoms with Gasteiger partial charge in [0.25, 0.3) is 5.91 Å². The lowest BCUT2D eigenvalue weighted by Gasteiger charge is -2.40. The Bertz CT molecular complexity index is 650. The minimum Gasteiger partial charge on any atom is -0.459 e. The van der Waals surface area contributed by atoms with Gasteiger partial charge in [0, 0.05) is 50.5 Å². The molecule has 2 atom stereocenters. The Morgan fingerprint density at radius 3 is 2.73 bits per heavy atom. The molecule has 2 saturated heterocycles. The molecule has 6 heteroatoms. The molecule has 2 aliphatic heterocycles. The molecule has 2 unspecified atom stereocenters. The molecule has 22 heavy (non-hydrogen) atoms. The second-order valence-corrected chi connectivity index (χ2v) is 6.29. The number of aryl methyl sites for hydroxylation is 1. The smallest absolute Gasteiger partial charge is 0.290 e. The number of carbonyl (C=O) groups is 1. The van der Waals surface area contributed by atoms with E-state index in [9.17, 15) is 4.79 Å². The molecular formula is C16H20N4O2. The van der Waals surface area contributed by atoms with Gasteiger partial charge in [-0.25, -0.2) is 0 Å². The number of likely N-dealkylation sites (tertiary alicyclic amines) is 1. The number of piperazine rings is 1. The van der Waals surface area contributed by atoms with Crippen molar-refractivity contribution < 1.29 is 9.21 Å². The summed E-state index contributed by atoms with van der Waals surface area (Å²) >= 11 is 0. The maximum absolute atomic E-state index is 12.6. The van der Waals surface area contributed by atoms with E-state index in [0.29, 0.717) is 17.8 Å². The highest BCUT2D eigenvalue weighted by Crippen LogP contribution is 2.32. The van der Waals surface area contributed by atoms with Gasteiger partial charge < -0.3 is 9.32 Å². The Hall–Kier alpha value is -2.08. The average molecular weight is 300 g/mol. The van der Waals surface area contributed by atoms with Crippen LogP contribution in [-0.4, -0.2) is 50.7 Å². The Morgan fingerprint density at radius 1 is 1.36 bits per heavy atom. The van der Waals surface area contributed by atoms with Crippen LogP contribution in [0.2, 0.25) is 0 Å². The fourth-order valence-electron chi connectivity index (χ4n) is 3.79. The number of hydrogen-bond donors (Lipinski definition) is 0. The zero-order valence-electron chi connectivity index (χ0n) is 12.7. The number of carbonyl (C=O) groups excluding carboxylic acids is 1. The van der Waals surface area contributed by atoms with Crippen LogP contribution in [0.25, 0.3) is 0 Å². The molecule has 0 aromatic carbocycles. The van der Waals surface area contributed by atoms with Crippen LogP contribution < -0.4 is 0 Å². The van der Waals surface area contributed by atoms with E-state index in [-0.39, 0.29) is 5.91 Å². The van der Waals surface area contributed by atoms with Gasteiger partial charge in [0.15, 0.2) is 5.76 Å². The van der Waals surface area contributed by atoms with Crippen molar-refractivity contribution in [2.45, 2.75) is 31.5 Å². The van der Waals surface area contributed by atoms with E-state index < -0.39 is 0 Å². The van der Waals surface area contributed by atoms with Crippen molar-refractivity contribution in [2.75, 3.05) is 13.1 Å². The van der Waals surface area contributed by atoms with Crippen molar-refractivity contribution in [3.8, 4) is 0 Å². The third-order valence-electron chi connectivity index (χ3n) is 4.69. The summed E-state index contributed by atoms with van der Waals surface area (Å²) in [7, 11) is 1.94. The lowest BCUT2D eigenvalue weighted by Crippen LogP contribution is -2.55. The fourth-order valence-corrected chi connectivity index (χ4v) is 3.79. The van der Waals surface area contributed by atoms with Gasteiger partial charge in [-0.05, 0) is 25.0 Å². The first-order valence-electron chi connectivity index (χ1n) is 7.77. The summed E-state index contributed by atoms with van der Waals surface area (Å²) in [5, 5.41) is 4.23. The van der Waals surface area contributed by atoms with Gasteiger partial charge in [-0.1, -0.05) is 0 Å². The molecule has 0 aliphatic carbocycles. The highest BCUT2D eigenvalue weighted by Gasteiger charge is 2.43. The van der Waals surface area contributed by atoms with Crippen molar-refractivity contribution in [2.24, 2.45) is 7.05 Å². The van der Waals surface area contributed by atoms with Crippen LogP contribution in [0.3, 0.4) is 0 Å². The number of aromatic nitrogens is 2. The molecule has 0 spiro atoms. The highest BCUT2D eigenvalue weighted by molar-refractivity contribution is 5.92. The summed E-state index contributed by atoms with van der Waals surface area (Å²) in [5.41, 5.74) is 1.23. The van der Waals surface area contributed by atoms with E-state index in [1.54, 1.807) is 18.4 Å². The summed E-state index contributed by atoms with van der Waals surface area (Å²) in [4.78, 5) is 17.1. The first-order valence-corrected chi connectivity index (χ1v) is 7.77. The first-order chi connectivity index (χ1) is 10.7. The highest BCUT2D eigenvalue weighted by atomic mass is 16.3. The van der Waals surface area contributed by atoms with Crippen molar-refractivity contribution in [3.05, 3.63) is 42.1 Å². The summed E-state index contributed by atoms with van der Waals surface area (Å²) in [6.07, 6.45) is 7.71. The lowest BCUT2D eigenvalue weighted by atomic mass is 10.1. The molecule has 4 heterocycles. The normalized spacial score (nSPS) is 24.9. The van der Waals surface area contributed by atoms with E-state index >= 15 is 0 Å². The quantitative estimate of drug-likeness (QED) is 0.862. The van der Waals surface area contributed by atoms with Crippen molar-refractivity contribution in [1.29, 1.82) is 0 Å². The van der Waals surface area contributed by atoms with Gasteiger partial charge in [0.1, 0.15) is 0 Å². The van der Waals surface area contributed by atoms with E-state index in [4.69, 9.17) is 4.42 Å². The number of hydrogen-bond acceptors (Lipinski definition) is 4. The molecule has 2 aromatic heterocycles. The van der Waals surface area contributed by atoms with E-state index in [1.165, 1.54) is 5.56 Å². The number of amides is 1. The van der Waals surface area contributed by atoms with Crippen molar-refractivity contribution >= 4 is 5.91 Å². The number of nitrogens with zero attached hydrogens (tertiary/aromatic N) is 4. The Kier molecular flexibility index (Phi) is 3.26. The molecule has 1 amide bonds. The predicted octanol–water partition coefficient (Wildman–Crippen LogP) is 1.50. The van der Waals surface area contributed by atoms with Crippen LogP contribution >= 0.6 is 0 Å². The SMILES string of the molecule is Cn1cc(CN2CC3CCC(C2)N3C(=O)c2ccco2)cn1. The molecule has 116 valence electrons. The molecule has 6 nitrogen and oxygen atoms in total. The van der Waals surface area contributed by atoms with E-state index in [2.05, 4.69) is 16.2 Å². The number of rotatable bonds is 3. The van der Waals surface area contributed by atoms with Gasteiger partial charge in [-0.3, -0.25) is 14.4 Å². The molecule has 0 saturated carbocycles. The summed E-state index contributed by atoms with van der Waals surface area (Å²) in [6, 6.07) is 4.12. The molecule has 0 N–H and O–H groups in total. The van der Waals surface area contributed by atoms with Crippen LogP contribution in [-0.2, 0) is 13.6 Å². The van der Waals surface area contributed by atoms with Crippen LogP contribution in [0, 0.1) is 0 Å². The largest absolute Gasteiger partial charge is 0.459 e. The topological polar surface area (TPSA) is 54.5 Å². The molecule has 4 rings (SSSR count). The summed E-state index contributed by atoms with van der Waals surface area (Å²) in [6.45, 7) is 2.76. The van der Waals surface area contributed by atoms with E-state index in [1.807, 2.05) is 22.8 Å². The van der Waals surface area contributed by atoms with Crippen molar-refractivity contribution in [1.82, 2.24) is 19.6 Å². The predicted molar refractivity (Wildman–Crippen MR) is 80.2 cm³/mol. The Balaban J connectivity index is 1.46. The summed E-state index contributed by atoms with van der Waals surface area (Å²) in [5.74, 6) is 0.496. The average Bonchev–Trinajstić information content (AvgIpc) is 3.20. The van der Waals surface area contributed by atoms with Crippen LogP contribution in [0.1, 0.15) is 29.0 Å². The molecule has 0 radical (unpaired) electrons. The minimum absolute atomic E-state index is 0.0403. The monoisotopic (exact) mass is 300 g/mol. The Labute approximate surface area is 129 Å². The van der Waals surface area contributed by atoms with Crippen LogP contribution in [0.5, 0.6) is 0 Å². The van der Waals surface area contributed by atoms with Gasteiger partial charge in [-0.15, -0.1) is 0 Å².